The van der Waals surface area contributed by atoms with Gasteiger partial charge in [-0.15, -0.1) is 10.2 Å². The number of hydrogen-bond donors (Lipinski definition) is 0. The standard InChI is InChI=1S/C26H31N5OS/c1-20-16-22-12-6-7-13-23(22)31(20)25(32)19-33-26-28-27-24(18-29-14-8-3-9-15-29)30(26)17-21-10-4-2-5-11-21/h2,4-7,10-13,20H,3,8-9,14-19H2,1H3. The highest BCUT2D eigenvalue weighted by Crippen LogP contribution is 2.33. The van der Waals surface area contributed by atoms with E-state index in [2.05, 4.69) is 63.0 Å². The summed E-state index contributed by atoms with van der Waals surface area (Å²) in [6, 6.07) is 18.8. The monoisotopic (exact) mass is 461 g/mol. The molecule has 1 amide bonds. The van der Waals surface area contributed by atoms with Gasteiger partial charge in [0.1, 0.15) is 5.82 Å². The van der Waals surface area contributed by atoms with Gasteiger partial charge in [-0.3, -0.25) is 9.69 Å². The zero-order valence-corrected chi connectivity index (χ0v) is 20.0. The fraction of sp³-hybridized carbons (Fsp3) is 0.423. The predicted molar refractivity (Wildman–Crippen MR) is 133 cm³/mol. The molecule has 5 rings (SSSR count). The molecule has 7 heteroatoms. The number of piperidine rings is 1. The fourth-order valence-corrected chi connectivity index (χ4v) is 5.74. The number of carbonyl (C=O) groups is 1. The van der Waals surface area contributed by atoms with Gasteiger partial charge in [0.2, 0.25) is 5.91 Å². The van der Waals surface area contributed by atoms with E-state index in [0.29, 0.717) is 5.75 Å². The number of aromatic nitrogens is 3. The van der Waals surface area contributed by atoms with E-state index in [0.717, 1.165) is 49.3 Å². The number of carbonyl (C=O) groups excluding carboxylic acids is 1. The van der Waals surface area contributed by atoms with Crippen LogP contribution >= 0.6 is 11.8 Å². The Kier molecular flexibility index (Phi) is 6.78. The minimum Gasteiger partial charge on any atom is -0.308 e. The van der Waals surface area contributed by atoms with E-state index < -0.39 is 0 Å². The van der Waals surface area contributed by atoms with Gasteiger partial charge >= 0.3 is 0 Å². The van der Waals surface area contributed by atoms with Crippen LogP contribution in [0.2, 0.25) is 0 Å². The van der Waals surface area contributed by atoms with Crippen molar-refractivity contribution in [3.05, 3.63) is 71.5 Å². The molecule has 0 radical (unpaired) electrons. The molecule has 2 aromatic carbocycles. The van der Waals surface area contributed by atoms with Crippen LogP contribution in [0.1, 0.15) is 43.1 Å². The van der Waals surface area contributed by atoms with E-state index in [4.69, 9.17) is 0 Å². The second-order valence-electron chi connectivity index (χ2n) is 9.04. The van der Waals surface area contributed by atoms with Crippen molar-refractivity contribution in [3.63, 3.8) is 0 Å². The molecule has 0 aliphatic carbocycles. The third-order valence-electron chi connectivity index (χ3n) is 6.59. The Labute approximate surface area is 200 Å². The molecule has 0 N–H and O–H groups in total. The quantitative estimate of drug-likeness (QED) is 0.489. The molecule has 1 atom stereocenters. The SMILES string of the molecule is CC1Cc2ccccc2N1C(=O)CSc1nnc(CN2CCCCC2)n1Cc1ccccc1. The van der Waals surface area contributed by atoms with Gasteiger partial charge in [0, 0.05) is 11.7 Å². The van der Waals surface area contributed by atoms with Gasteiger partial charge in [0.25, 0.3) is 0 Å². The highest BCUT2D eigenvalue weighted by atomic mass is 32.2. The Hall–Kier alpha value is -2.64. The van der Waals surface area contributed by atoms with Crippen LogP contribution in [0.3, 0.4) is 0 Å². The van der Waals surface area contributed by atoms with E-state index >= 15 is 0 Å². The van der Waals surface area contributed by atoms with Gasteiger partial charge in [-0.2, -0.15) is 0 Å². The Balaban J connectivity index is 1.33. The molecule has 0 saturated carbocycles. The minimum atomic E-state index is 0.129. The van der Waals surface area contributed by atoms with Crippen molar-refractivity contribution in [1.29, 1.82) is 0 Å². The van der Waals surface area contributed by atoms with E-state index in [9.17, 15) is 4.79 Å². The van der Waals surface area contributed by atoms with Crippen molar-refractivity contribution in [2.75, 3.05) is 23.7 Å². The average Bonchev–Trinajstić information content (AvgIpc) is 3.38. The topological polar surface area (TPSA) is 54.3 Å². The summed E-state index contributed by atoms with van der Waals surface area (Å²) >= 11 is 1.50. The summed E-state index contributed by atoms with van der Waals surface area (Å²) in [6.07, 6.45) is 4.72. The molecule has 1 fully saturated rings. The lowest BCUT2D eigenvalue weighted by Gasteiger charge is -2.26. The lowest BCUT2D eigenvalue weighted by molar-refractivity contribution is -0.116. The first kappa shape index (κ1) is 22.2. The fourth-order valence-electron chi connectivity index (χ4n) is 4.93. The number of nitrogens with zero attached hydrogens (tertiary/aromatic N) is 5. The van der Waals surface area contributed by atoms with Gasteiger partial charge in [-0.05, 0) is 56.5 Å². The zero-order chi connectivity index (χ0) is 22.6. The van der Waals surface area contributed by atoms with Crippen molar-refractivity contribution >= 4 is 23.4 Å². The third-order valence-corrected chi connectivity index (χ3v) is 7.54. The Bertz CT molecular complexity index is 1090. The van der Waals surface area contributed by atoms with Crippen molar-refractivity contribution in [2.45, 2.75) is 56.9 Å². The lowest BCUT2D eigenvalue weighted by Crippen LogP contribution is -2.37. The van der Waals surface area contributed by atoms with E-state index in [1.54, 1.807) is 0 Å². The molecule has 1 saturated heterocycles. The third kappa shape index (κ3) is 4.99. The van der Waals surface area contributed by atoms with Crippen LogP contribution in [0, 0.1) is 0 Å². The Morgan fingerprint density at radius 3 is 2.55 bits per heavy atom. The summed E-state index contributed by atoms with van der Waals surface area (Å²) in [4.78, 5) is 17.6. The Morgan fingerprint density at radius 1 is 0.970 bits per heavy atom. The maximum atomic E-state index is 13.2. The van der Waals surface area contributed by atoms with Gasteiger partial charge < -0.3 is 9.47 Å². The molecule has 0 spiro atoms. The van der Waals surface area contributed by atoms with Crippen LogP contribution in [0.15, 0.2) is 59.8 Å². The lowest BCUT2D eigenvalue weighted by atomic mass is 10.1. The second-order valence-corrected chi connectivity index (χ2v) is 9.98. The molecule has 6 nitrogen and oxygen atoms in total. The van der Waals surface area contributed by atoms with Crippen molar-refractivity contribution in [3.8, 4) is 0 Å². The first-order valence-electron chi connectivity index (χ1n) is 11.9. The van der Waals surface area contributed by atoms with Gasteiger partial charge in [-0.1, -0.05) is 66.7 Å². The smallest absolute Gasteiger partial charge is 0.237 e. The van der Waals surface area contributed by atoms with E-state index in [1.807, 2.05) is 23.1 Å². The largest absolute Gasteiger partial charge is 0.308 e. The molecule has 3 heterocycles. The van der Waals surface area contributed by atoms with Gasteiger partial charge in [0.05, 0.1) is 18.8 Å². The molecular weight excluding hydrogens is 430 g/mol. The first-order chi connectivity index (χ1) is 16.2. The number of hydrogen-bond acceptors (Lipinski definition) is 5. The maximum absolute atomic E-state index is 13.2. The zero-order valence-electron chi connectivity index (χ0n) is 19.2. The summed E-state index contributed by atoms with van der Waals surface area (Å²) in [5, 5.41) is 9.90. The molecule has 1 unspecified atom stereocenters. The number of thioether (sulfide) groups is 1. The van der Waals surface area contributed by atoms with E-state index in [-0.39, 0.29) is 11.9 Å². The van der Waals surface area contributed by atoms with Gasteiger partial charge in [0.15, 0.2) is 5.16 Å². The van der Waals surface area contributed by atoms with Crippen LogP contribution in [-0.4, -0.2) is 50.5 Å². The summed E-state index contributed by atoms with van der Waals surface area (Å²) < 4.78 is 2.20. The van der Waals surface area contributed by atoms with Crippen molar-refractivity contribution in [1.82, 2.24) is 19.7 Å². The predicted octanol–water partition coefficient (Wildman–Crippen LogP) is 4.38. The Morgan fingerprint density at radius 2 is 1.73 bits per heavy atom. The number of para-hydroxylation sites is 1. The minimum absolute atomic E-state index is 0.129. The highest BCUT2D eigenvalue weighted by molar-refractivity contribution is 7.99. The van der Waals surface area contributed by atoms with Crippen LogP contribution in [0.5, 0.6) is 0 Å². The summed E-state index contributed by atoms with van der Waals surface area (Å²) in [5.41, 5.74) is 3.51. The summed E-state index contributed by atoms with van der Waals surface area (Å²) in [7, 11) is 0. The number of fused-ring (bicyclic) bond motifs is 1. The number of likely N-dealkylation sites (tertiary alicyclic amines) is 1. The molecule has 172 valence electrons. The van der Waals surface area contributed by atoms with Crippen molar-refractivity contribution < 1.29 is 4.79 Å². The number of amides is 1. The first-order valence-corrected chi connectivity index (χ1v) is 12.9. The molecule has 2 aliphatic rings. The number of rotatable bonds is 7. The molecule has 1 aromatic heterocycles. The molecule has 0 bridgehead atoms. The molecule has 2 aliphatic heterocycles. The van der Waals surface area contributed by atoms with Crippen LogP contribution < -0.4 is 4.90 Å². The molecule has 3 aromatic rings. The van der Waals surface area contributed by atoms with Crippen LogP contribution in [0.25, 0.3) is 0 Å². The summed E-state index contributed by atoms with van der Waals surface area (Å²) in [5.74, 6) is 1.47. The van der Waals surface area contributed by atoms with E-state index in [1.165, 1.54) is 42.2 Å². The number of benzene rings is 2. The second kappa shape index (κ2) is 10.1. The van der Waals surface area contributed by atoms with Crippen LogP contribution in [-0.2, 0) is 24.3 Å². The molecule has 33 heavy (non-hydrogen) atoms. The normalized spacial score (nSPS) is 18.5. The van der Waals surface area contributed by atoms with Crippen LogP contribution in [0.4, 0.5) is 5.69 Å². The maximum Gasteiger partial charge on any atom is 0.237 e. The highest BCUT2D eigenvalue weighted by Gasteiger charge is 2.30. The molecular formula is C26H31N5OS. The average molecular weight is 462 g/mol. The van der Waals surface area contributed by atoms with Gasteiger partial charge in [-0.25, -0.2) is 0 Å². The summed E-state index contributed by atoms with van der Waals surface area (Å²) in [6.45, 7) is 5.88. The van der Waals surface area contributed by atoms with Crippen molar-refractivity contribution in [2.24, 2.45) is 0 Å². The number of anilines is 1.